The fourth-order valence-corrected chi connectivity index (χ4v) is 3.50. The molecule has 0 atom stereocenters. The van der Waals surface area contributed by atoms with E-state index in [1.54, 1.807) is 0 Å². The number of ether oxygens (including phenoxy) is 3. The molecule has 156 valence electrons. The summed E-state index contributed by atoms with van der Waals surface area (Å²) in [5, 5.41) is 0. The number of rotatable bonds is 13. The molecule has 1 amide bonds. The number of amides is 1. The van der Waals surface area contributed by atoms with E-state index in [1.165, 1.54) is 0 Å². The van der Waals surface area contributed by atoms with Crippen LogP contribution in [0.25, 0.3) is 0 Å². The summed E-state index contributed by atoms with van der Waals surface area (Å²) in [6.45, 7) is 3.67. The summed E-state index contributed by atoms with van der Waals surface area (Å²) in [6, 6.07) is 0. The minimum Gasteiger partial charge on any atom is -0.364 e. The summed E-state index contributed by atoms with van der Waals surface area (Å²) < 4.78 is 16.3. The molecule has 1 saturated carbocycles. The van der Waals surface area contributed by atoms with E-state index in [4.69, 9.17) is 19.0 Å². The van der Waals surface area contributed by atoms with Crippen LogP contribution in [0.1, 0.15) is 51.4 Å². The second-order valence-electron chi connectivity index (χ2n) is 7.28. The molecule has 8 nitrogen and oxygen atoms in total. The maximum atomic E-state index is 12.1. The molecule has 2 rings (SSSR count). The van der Waals surface area contributed by atoms with E-state index >= 15 is 0 Å². The van der Waals surface area contributed by atoms with Crippen LogP contribution in [0.4, 0.5) is 0 Å². The lowest BCUT2D eigenvalue weighted by atomic mass is 9.82. The van der Waals surface area contributed by atoms with Gasteiger partial charge in [-0.25, -0.2) is 0 Å². The highest BCUT2D eigenvalue weighted by molar-refractivity contribution is 5.76. The van der Waals surface area contributed by atoms with Gasteiger partial charge in [-0.3, -0.25) is 9.63 Å². The third kappa shape index (κ3) is 9.62. The first kappa shape index (κ1) is 22.2. The van der Waals surface area contributed by atoms with Crippen LogP contribution in [-0.4, -0.2) is 63.7 Å². The Kier molecular flexibility index (Phi) is 11.5. The summed E-state index contributed by atoms with van der Waals surface area (Å²) in [7, 11) is 0. The summed E-state index contributed by atoms with van der Waals surface area (Å²) in [5.41, 5.74) is 2.68. The lowest BCUT2D eigenvalue weighted by Crippen LogP contribution is -2.37. The molecule has 27 heavy (non-hydrogen) atoms. The maximum Gasteiger partial charge on any atom is 0.224 e. The molecule has 1 heterocycles. The molecule has 1 aliphatic carbocycles. The number of carbonyl (C=O) groups is 2. The Labute approximate surface area is 161 Å². The van der Waals surface area contributed by atoms with Crippen LogP contribution in [0.3, 0.4) is 0 Å². The average molecular weight is 386 g/mol. The normalized spacial score (nSPS) is 24.0. The lowest BCUT2D eigenvalue weighted by molar-refractivity contribution is -0.136. The van der Waals surface area contributed by atoms with Crippen LogP contribution < -0.4 is 5.48 Å². The van der Waals surface area contributed by atoms with E-state index in [0.717, 1.165) is 51.4 Å². The van der Waals surface area contributed by atoms with Gasteiger partial charge in [0, 0.05) is 32.6 Å². The largest absolute Gasteiger partial charge is 0.364 e. The van der Waals surface area contributed by atoms with Crippen molar-refractivity contribution < 1.29 is 28.6 Å². The molecule has 0 radical (unpaired) electrons. The molecule has 1 aliphatic heterocycles. The van der Waals surface area contributed by atoms with E-state index in [2.05, 4.69) is 5.48 Å². The molecular weight excluding hydrogens is 352 g/mol. The van der Waals surface area contributed by atoms with E-state index < -0.39 is 0 Å². The molecule has 2 fully saturated rings. The van der Waals surface area contributed by atoms with E-state index in [9.17, 15) is 9.59 Å². The van der Waals surface area contributed by atoms with Crippen molar-refractivity contribution in [2.75, 3.05) is 46.6 Å². The van der Waals surface area contributed by atoms with Gasteiger partial charge in [-0.05, 0) is 50.4 Å². The fourth-order valence-electron chi connectivity index (χ4n) is 3.50. The molecule has 1 N–H and O–H groups in total. The Morgan fingerprint density at radius 1 is 1.19 bits per heavy atom. The van der Waals surface area contributed by atoms with Crippen LogP contribution in [0, 0.1) is 11.8 Å². The summed E-state index contributed by atoms with van der Waals surface area (Å²) in [5.74, 6) is 1.36. The molecule has 0 aromatic rings. The smallest absolute Gasteiger partial charge is 0.224 e. The third-order valence-electron chi connectivity index (χ3n) is 5.09. The van der Waals surface area contributed by atoms with E-state index in [1.807, 2.05) is 4.90 Å². The summed E-state index contributed by atoms with van der Waals surface area (Å²) in [6.07, 6.45) is 8.09. The molecule has 0 spiro atoms. The van der Waals surface area contributed by atoms with Crippen molar-refractivity contribution in [2.45, 2.75) is 51.4 Å². The van der Waals surface area contributed by atoms with Gasteiger partial charge in [0.1, 0.15) is 19.7 Å². The lowest BCUT2D eigenvalue weighted by Gasteiger charge is -2.32. The van der Waals surface area contributed by atoms with Crippen molar-refractivity contribution in [3.8, 4) is 0 Å². The van der Waals surface area contributed by atoms with Gasteiger partial charge < -0.3 is 23.9 Å². The summed E-state index contributed by atoms with van der Waals surface area (Å²) >= 11 is 0. The van der Waals surface area contributed by atoms with Crippen molar-refractivity contribution >= 4 is 12.2 Å². The number of hydroxylamine groups is 1. The first-order valence-electron chi connectivity index (χ1n) is 10.1. The molecule has 0 aromatic heterocycles. The van der Waals surface area contributed by atoms with Crippen LogP contribution >= 0.6 is 0 Å². The number of unbranched alkanes of at least 4 members (excludes halogenated alkanes) is 1. The van der Waals surface area contributed by atoms with Gasteiger partial charge >= 0.3 is 0 Å². The van der Waals surface area contributed by atoms with Gasteiger partial charge in [-0.15, -0.1) is 0 Å². The Balaban J connectivity index is 1.44. The first-order chi connectivity index (χ1) is 13.3. The number of nitrogens with one attached hydrogen (secondary N) is 1. The number of aldehydes is 1. The fraction of sp³-hybridized carbons (Fsp3) is 0.895. The first-order valence-corrected chi connectivity index (χ1v) is 10.1. The van der Waals surface area contributed by atoms with Crippen molar-refractivity contribution in [3.63, 3.8) is 0 Å². The molecule has 0 bridgehead atoms. The third-order valence-corrected chi connectivity index (χ3v) is 5.09. The summed E-state index contributed by atoms with van der Waals surface area (Å²) in [4.78, 5) is 29.2. The zero-order chi connectivity index (χ0) is 19.2. The minimum absolute atomic E-state index is 0.192. The predicted molar refractivity (Wildman–Crippen MR) is 98.4 cm³/mol. The van der Waals surface area contributed by atoms with Gasteiger partial charge in [0.25, 0.3) is 0 Å². The van der Waals surface area contributed by atoms with Gasteiger partial charge in [0.05, 0.1) is 6.61 Å². The molecule has 1 saturated heterocycles. The highest BCUT2D eigenvalue weighted by atomic mass is 16.8. The number of hydrogen-bond acceptors (Lipinski definition) is 7. The standard InChI is InChI=1S/C19H34N2O6/c22-9-1-2-10-24-14-20-27-16-26-13-18-7-5-17(6-8-18)12-21-15-25-11-3-4-19(21)23/h9,17-18,20H,1-8,10-16H2. The Hall–Kier alpha value is -1.06. The monoisotopic (exact) mass is 386 g/mol. The number of nitrogens with zero attached hydrogens (tertiary/aromatic N) is 1. The zero-order valence-electron chi connectivity index (χ0n) is 16.2. The zero-order valence-corrected chi connectivity index (χ0v) is 16.2. The van der Waals surface area contributed by atoms with Crippen LogP contribution in [-0.2, 0) is 28.6 Å². The van der Waals surface area contributed by atoms with Gasteiger partial charge in [0.15, 0.2) is 6.79 Å². The van der Waals surface area contributed by atoms with Crippen molar-refractivity contribution in [3.05, 3.63) is 0 Å². The quantitative estimate of drug-likeness (QED) is 0.224. The predicted octanol–water partition coefficient (Wildman–Crippen LogP) is 1.84. The van der Waals surface area contributed by atoms with Gasteiger partial charge in [-0.1, -0.05) is 0 Å². The Morgan fingerprint density at radius 2 is 2.00 bits per heavy atom. The second kappa shape index (κ2) is 14.0. The van der Waals surface area contributed by atoms with Crippen molar-refractivity contribution in [2.24, 2.45) is 11.8 Å². The van der Waals surface area contributed by atoms with Crippen LogP contribution in [0.5, 0.6) is 0 Å². The van der Waals surface area contributed by atoms with Crippen molar-refractivity contribution in [1.29, 1.82) is 0 Å². The molecule has 2 aliphatic rings. The molecular formula is C19H34N2O6. The maximum absolute atomic E-state index is 12.1. The SMILES string of the molecule is O=CCCCOCNOCOCC1CCC(CN2COCCCC2=O)CC1. The minimum atomic E-state index is 0.192. The highest BCUT2D eigenvalue weighted by Crippen LogP contribution is 2.30. The second-order valence-corrected chi connectivity index (χ2v) is 7.28. The van der Waals surface area contributed by atoms with Gasteiger partial charge in [-0.2, -0.15) is 5.48 Å². The Morgan fingerprint density at radius 3 is 2.81 bits per heavy atom. The molecule has 8 heteroatoms. The van der Waals surface area contributed by atoms with Crippen molar-refractivity contribution in [1.82, 2.24) is 10.4 Å². The topological polar surface area (TPSA) is 86.3 Å². The number of carbonyl (C=O) groups excluding carboxylic acids is 2. The number of hydrogen-bond donors (Lipinski definition) is 1. The average Bonchev–Trinajstić information content (AvgIpc) is 2.89. The van der Waals surface area contributed by atoms with Crippen LogP contribution in [0.15, 0.2) is 0 Å². The van der Waals surface area contributed by atoms with Gasteiger partial charge in [0.2, 0.25) is 5.91 Å². The molecule has 0 aromatic carbocycles. The van der Waals surface area contributed by atoms with E-state index in [-0.39, 0.29) is 19.4 Å². The Bertz CT molecular complexity index is 415. The highest BCUT2D eigenvalue weighted by Gasteiger charge is 2.25. The van der Waals surface area contributed by atoms with Crippen LogP contribution in [0.2, 0.25) is 0 Å². The van der Waals surface area contributed by atoms with E-state index in [0.29, 0.717) is 51.2 Å². The molecule has 0 unspecified atom stereocenters.